The second kappa shape index (κ2) is 7.55. The molecule has 0 fully saturated rings. The van der Waals surface area contributed by atoms with Crippen LogP contribution in [-0.2, 0) is 11.3 Å². The van der Waals surface area contributed by atoms with Crippen LogP contribution in [0.5, 0.6) is 0 Å². The lowest BCUT2D eigenvalue weighted by Gasteiger charge is -2.06. The number of hydrogen-bond donors (Lipinski definition) is 1. The summed E-state index contributed by atoms with van der Waals surface area (Å²) < 4.78 is 1.86. The van der Waals surface area contributed by atoms with Gasteiger partial charge in [0, 0.05) is 11.9 Å². The summed E-state index contributed by atoms with van der Waals surface area (Å²) in [5.41, 5.74) is 1.80. The molecule has 6 nitrogen and oxygen atoms in total. The van der Waals surface area contributed by atoms with Crippen LogP contribution in [0.4, 0.5) is 0 Å². The molecule has 7 heteroatoms. The van der Waals surface area contributed by atoms with E-state index in [2.05, 4.69) is 20.5 Å². The molecule has 0 radical (unpaired) electrons. The van der Waals surface area contributed by atoms with Gasteiger partial charge in [0.05, 0.1) is 18.0 Å². The predicted octanol–water partition coefficient (Wildman–Crippen LogP) is 2.07. The molecule has 1 N–H and O–H groups in total. The van der Waals surface area contributed by atoms with E-state index in [1.807, 2.05) is 53.1 Å². The number of nitrogens with zero attached hydrogens (tertiary/aromatic N) is 4. The van der Waals surface area contributed by atoms with Gasteiger partial charge in [0.1, 0.15) is 6.33 Å². The fraction of sp³-hybridized carbons (Fsp3) is 0.125. The zero-order valence-electron chi connectivity index (χ0n) is 12.3. The average molecular weight is 325 g/mol. The van der Waals surface area contributed by atoms with Crippen molar-refractivity contribution >= 4 is 17.7 Å². The van der Waals surface area contributed by atoms with Crippen LogP contribution in [0.1, 0.15) is 5.69 Å². The lowest BCUT2D eigenvalue weighted by Crippen LogP contribution is -2.25. The molecule has 0 spiro atoms. The van der Waals surface area contributed by atoms with Crippen molar-refractivity contribution in [2.75, 3.05) is 5.75 Å². The van der Waals surface area contributed by atoms with E-state index in [1.165, 1.54) is 11.8 Å². The summed E-state index contributed by atoms with van der Waals surface area (Å²) in [7, 11) is 0. The molecule has 0 bridgehead atoms. The van der Waals surface area contributed by atoms with Crippen molar-refractivity contribution in [2.45, 2.75) is 11.7 Å². The maximum Gasteiger partial charge on any atom is 0.230 e. The average Bonchev–Trinajstić information content (AvgIpc) is 3.08. The van der Waals surface area contributed by atoms with Gasteiger partial charge in [-0.05, 0) is 24.3 Å². The number of benzene rings is 1. The minimum atomic E-state index is -0.0664. The van der Waals surface area contributed by atoms with Gasteiger partial charge in [-0.3, -0.25) is 14.3 Å². The third-order valence-electron chi connectivity index (χ3n) is 3.08. The largest absolute Gasteiger partial charge is 0.350 e. The number of nitrogens with one attached hydrogen (secondary N) is 1. The van der Waals surface area contributed by atoms with Crippen LogP contribution in [-0.4, -0.2) is 31.4 Å². The van der Waals surface area contributed by atoms with Gasteiger partial charge in [0.15, 0.2) is 5.16 Å². The standard InChI is InChI=1S/C16H15N5OS/c22-15(18-10-13-6-4-5-9-17-13)11-23-16-20-19-12-21(16)14-7-2-1-3-8-14/h1-9,12H,10-11H2,(H,18,22). The second-order valence-corrected chi connectivity index (χ2v) is 5.65. The van der Waals surface area contributed by atoms with Crippen LogP contribution in [0.15, 0.2) is 66.2 Å². The molecule has 116 valence electrons. The van der Waals surface area contributed by atoms with Gasteiger partial charge in [-0.15, -0.1) is 10.2 Å². The van der Waals surface area contributed by atoms with Crippen LogP contribution >= 0.6 is 11.8 Å². The van der Waals surface area contributed by atoms with Crippen LogP contribution in [0.3, 0.4) is 0 Å². The molecule has 1 aromatic carbocycles. The van der Waals surface area contributed by atoms with E-state index in [0.717, 1.165) is 11.4 Å². The number of carbonyl (C=O) groups is 1. The van der Waals surface area contributed by atoms with E-state index in [1.54, 1.807) is 12.5 Å². The summed E-state index contributed by atoms with van der Waals surface area (Å²) in [4.78, 5) is 16.1. The summed E-state index contributed by atoms with van der Waals surface area (Å²) in [6.07, 6.45) is 3.35. The first-order valence-electron chi connectivity index (χ1n) is 7.08. The number of aromatic nitrogens is 4. The Labute approximate surface area is 138 Å². The first kappa shape index (κ1) is 15.2. The number of rotatable bonds is 6. The van der Waals surface area contributed by atoms with Gasteiger partial charge in [-0.1, -0.05) is 36.0 Å². The fourth-order valence-electron chi connectivity index (χ4n) is 1.96. The van der Waals surface area contributed by atoms with Gasteiger partial charge in [-0.25, -0.2) is 0 Å². The normalized spacial score (nSPS) is 10.4. The van der Waals surface area contributed by atoms with Gasteiger partial charge >= 0.3 is 0 Å². The predicted molar refractivity (Wildman–Crippen MR) is 88.2 cm³/mol. The van der Waals surface area contributed by atoms with Crippen LogP contribution in [0.2, 0.25) is 0 Å². The highest BCUT2D eigenvalue weighted by atomic mass is 32.2. The molecule has 0 aliphatic carbocycles. The van der Waals surface area contributed by atoms with Crippen LogP contribution in [0, 0.1) is 0 Å². The van der Waals surface area contributed by atoms with Gasteiger partial charge in [0.25, 0.3) is 0 Å². The Morgan fingerprint density at radius 3 is 2.74 bits per heavy atom. The quantitative estimate of drug-likeness (QED) is 0.702. The number of hydrogen-bond acceptors (Lipinski definition) is 5. The lowest BCUT2D eigenvalue weighted by atomic mass is 10.3. The molecule has 3 rings (SSSR count). The number of para-hydroxylation sites is 1. The first-order chi connectivity index (χ1) is 11.3. The number of amides is 1. The molecule has 1 amide bonds. The smallest absolute Gasteiger partial charge is 0.230 e. The monoisotopic (exact) mass is 325 g/mol. The second-order valence-electron chi connectivity index (χ2n) is 4.71. The maximum absolute atomic E-state index is 11.9. The molecule has 0 saturated heterocycles. The van der Waals surface area contributed by atoms with E-state index in [-0.39, 0.29) is 11.7 Å². The van der Waals surface area contributed by atoms with Crippen LogP contribution < -0.4 is 5.32 Å². The minimum Gasteiger partial charge on any atom is -0.350 e. The highest BCUT2D eigenvalue weighted by molar-refractivity contribution is 7.99. The summed E-state index contributed by atoms with van der Waals surface area (Å²) in [6.45, 7) is 0.422. The third-order valence-corrected chi connectivity index (χ3v) is 4.02. The van der Waals surface area contributed by atoms with Crippen molar-refractivity contribution in [3.05, 3.63) is 66.7 Å². The molecule has 3 aromatic rings. The van der Waals surface area contributed by atoms with E-state index in [0.29, 0.717) is 11.7 Å². The molecule has 2 heterocycles. The maximum atomic E-state index is 11.9. The first-order valence-corrected chi connectivity index (χ1v) is 8.06. The Hall–Kier alpha value is -2.67. The highest BCUT2D eigenvalue weighted by Gasteiger charge is 2.10. The lowest BCUT2D eigenvalue weighted by molar-refractivity contribution is -0.118. The zero-order chi connectivity index (χ0) is 15.9. The molecule has 0 aliphatic rings. The molecule has 0 unspecified atom stereocenters. The summed E-state index contributed by atoms with van der Waals surface area (Å²) in [6, 6.07) is 15.4. The van der Waals surface area contributed by atoms with E-state index >= 15 is 0 Å². The molecule has 0 saturated carbocycles. The van der Waals surface area contributed by atoms with Crippen molar-refractivity contribution in [3.63, 3.8) is 0 Å². The van der Waals surface area contributed by atoms with Gasteiger partial charge in [-0.2, -0.15) is 0 Å². The van der Waals surface area contributed by atoms with Crippen LogP contribution in [0.25, 0.3) is 5.69 Å². The van der Waals surface area contributed by atoms with E-state index in [4.69, 9.17) is 0 Å². The van der Waals surface area contributed by atoms with Crippen molar-refractivity contribution in [3.8, 4) is 5.69 Å². The zero-order valence-corrected chi connectivity index (χ0v) is 13.1. The molecular formula is C16H15N5OS. The number of thioether (sulfide) groups is 1. The summed E-state index contributed by atoms with van der Waals surface area (Å²) >= 11 is 1.35. The summed E-state index contributed by atoms with van der Waals surface area (Å²) in [5, 5.41) is 11.5. The Balaban J connectivity index is 1.55. The molecule has 2 aromatic heterocycles. The Kier molecular flexibility index (Phi) is 5.00. The van der Waals surface area contributed by atoms with Crippen molar-refractivity contribution in [1.82, 2.24) is 25.1 Å². The van der Waals surface area contributed by atoms with Crippen molar-refractivity contribution in [2.24, 2.45) is 0 Å². The minimum absolute atomic E-state index is 0.0664. The molecule has 0 aliphatic heterocycles. The summed E-state index contributed by atoms with van der Waals surface area (Å²) in [5.74, 6) is 0.210. The van der Waals surface area contributed by atoms with Gasteiger partial charge < -0.3 is 5.32 Å². The Bertz CT molecular complexity index is 760. The fourth-order valence-corrected chi connectivity index (χ4v) is 2.72. The number of pyridine rings is 1. The molecule has 0 atom stereocenters. The van der Waals surface area contributed by atoms with E-state index < -0.39 is 0 Å². The third kappa shape index (κ3) is 4.17. The van der Waals surface area contributed by atoms with Crippen molar-refractivity contribution in [1.29, 1.82) is 0 Å². The highest BCUT2D eigenvalue weighted by Crippen LogP contribution is 2.18. The Morgan fingerprint density at radius 2 is 1.96 bits per heavy atom. The SMILES string of the molecule is O=C(CSc1nncn1-c1ccccc1)NCc1ccccn1. The van der Waals surface area contributed by atoms with Gasteiger partial charge in [0.2, 0.25) is 5.91 Å². The molecular weight excluding hydrogens is 310 g/mol. The number of carbonyl (C=O) groups excluding carboxylic acids is 1. The molecule has 23 heavy (non-hydrogen) atoms. The topological polar surface area (TPSA) is 72.7 Å². The van der Waals surface area contributed by atoms with Crippen molar-refractivity contribution < 1.29 is 4.79 Å². The van der Waals surface area contributed by atoms with E-state index in [9.17, 15) is 4.79 Å². The Morgan fingerprint density at radius 1 is 1.13 bits per heavy atom.